The number of halogens is 2. The van der Waals surface area contributed by atoms with Gasteiger partial charge in [0.25, 0.3) is 0 Å². The highest BCUT2D eigenvalue weighted by molar-refractivity contribution is 7.91. The summed E-state index contributed by atoms with van der Waals surface area (Å²) >= 11 is 6.20. The van der Waals surface area contributed by atoms with Gasteiger partial charge < -0.3 is 4.57 Å². The Balaban J connectivity index is 2.29. The molecule has 0 N–H and O–H groups in total. The third-order valence-electron chi connectivity index (χ3n) is 4.02. The first kappa shape index (κ1) is 14.8. The first-order valence-electron chi connectivity index (χ1n) is 6.75. The Morgan fingerprint density at radius 1 is 1.48 bits per heavy atom. The molecule has 1 fully saturated rings. The molecule has 2 unspecified atom stereocenters. The number of hydrogen-bond donors (Lipinski definition) is 0. The van der Waals surface area contributed by atoms with Gasteiger partial charge in [-0.15, -0.1) is 11.6 Å². The predicted molar refractivity (Wildman–Crippen MR) is 80.9 cm³/mol. The van der Waals surface area contributed by atoms with Crippen molar-refractivity contribution in [1.29, 1.82) is 0 Å². The standard InChI is InChI=1S/C14H16ClFN2O2S/c1-9(15)13-17-11-4-3-10(16)7-12(11)18(13)14(2)5-6-21(19,20)8-14/h3-4,7,9H,5-6,8H2,1-2H3. The van der Waals surface area contributed by atoms with E-state index >= 15 is 0 Å². The molecule has 0 saturated carbocycles. The summed E-state index contributed by atoms with van der Waals surface area (Å²) < 4.78 is 39.2. The van der Waals surface area contributed by atoms with Gasteiger partial charge in [0, 0.05) is 0 Å². The molecule has 21 heavy (non-hydrogen) atoms. The average Bonchev–Trinajstić information content (AvgIpc) is 2.87. The van der Waals surface area contributed by atoms with Crippen LogP contribution in [0.25, 0.3) is 11.0 Å². The number of rotatable bonds is 2. The molecule has 3 rings (SSSR count). The van der Waals surface area contributed by atoms with Crippen LogP contribution in [0.5, 0.6) is 0 Å². The zero-order valence-corrected chi connectivity index (χ0v) is 13.4. The maximum atomic E-state index is 13.6. The van der Waals surface area contributed by atoms with E-state index in [0.717, 1.165) is 0 Å². The number of imidazole rings is 1. The number of alkyl halides is 1. The summed E-state index contributed by atoms with van der Waals surface area (Å²) in [6.45, 7) is 3.65. The molecule has 1 aliphatic heterocycles. The Morgan fingerprint density at radius 2 is 2.19 bits per heavy atom. The van der Waals surface area contributed by atoms with Crippen molar-refractivity contribution in [1.82, 2.24) is 9.55 Å². The molecule has 1 aromatic carbocycles. The van der Waals surface area contributed by atoms with Gasteiger partial charge in [-0.3, -0.25) is 0 Å². The van der Waals surface area contributed by atoms with Crippen LogP contribution < -0.4 is 0 Å². The fraction of sp³-hybridized carbons (Fsp3) is 0.500. The number of nitrogens with zero attached hydrogens (tertiary/aromatic N) is 2. The Bertz CT molecular complexity index is 816. The summed E-state index contributed by atoms with van der Waals surface area (Å²) in [5.74, 6) is 0.367. The fourth-order valence-corrected chi connectivity index (χ4v) is 5.33. The summed E-state index contributed by atoms with van der Waals surface area (Å²) in [6.07, 6.45) is 0.480. The lowest BCUT2D eigenvalue weighted by molar-refractivity contribution is 0.363. The highest BCUT2D eigenvalue weighted by Crippen LogP contribution is 2.37. The summed E-state index contributed by atoms with van der Waals surface area (Å²) in [5, 5.41) is -0.388. The normalized spacial score (nSPS) is 26.3. The minimum absolute atomic E-state index is 0.0264. The van der Waals surface area contributed by atoms with Crippen molar-refractivity contribution in [3.8, 4) is 0 Å². The predicted octanol–water partition coefficient (Wildman–Crippen LogP) is 3.01. The largest absolute Gasteiger partial charge is 0.320 e. The first-order valence-corrected chi connectivity index (χ1v) is 9.00. The molecule has 2 aromatic rings. The molecule has 0 radical (unpaired) electrons. The monoisotopic (exact) mass is 330 g/mol. The molecule has 114 valence electrons. The lowest BCUT2D eigenvalue weighted by Gasteiger charge is -2.28. The smallest absolute Gasteiger partial charge is 0.152 e. The Hall–Kier alpha value is -1.14. The van der Waals surface area contributed by atoms with Gasteiger partial charge >= 0.3 is 0 Å². The minimum Gasteiger partial charge on any atom is -0.320 e. The van der Waals surface area contributed by atoms with Gasteiger partial charge in [-0.25, -0.2) is 17.8 Å². The Kier molecular flexibility index (Phi) is 3.29. The zero-order valence-electron chi connectivity index (χ0n) is 11.8. The quantitative estimate of drug-likeness (QED) is 0.795. The van der Waals surface area contributed by atoms with Crippen molar-refractivity contribution in [3.05, 3.63) is 29.8 Å². The Labute approximate surface area is 127 Å². The summed E-state index contributed by atoms with van der Waals surface area (Å²) in [4.78, 5) is 4.46. The van der Waals surface area contributed by atoms with Gasteiger partial charge in [-0.2, -0.15) is 0 Å². The van der Waals surface area contributed by atoms with Crippen LogP contribution in [0, 0.1) is 5.82 Å². The summed E-state index contributed by atoms with van der Waals surface area (Å²) in [7, 11) is -3.09. The summed E-state index contributed by atoms with van der Waals surface area (Å²) in [5.41, 5.74) is 0.585. The fourth-order valence-electron chi connectivity index (χ4n) is 3.07. The van der Waals surface area contributed by atoms with E-state index in [9.17, 15) is 12.8 Å². The van der Waals surface area contributed by atoms with E-state index < -0.39 is 15.4 Å². The van der Waals surface area contributed by atoms with E-state index in [4.69, 9.17) is 11.6 Å². The van der Waals surface area contributed by atoms with Crippen molar-refractivity contribution < 1.29 is 12.8 Å². The van der Waals surface area contributed by atoms with Crippen LogP contribution in [0.1, 0.15) is 31.5 Å². The van der Waals surface area contributed by atoms with Gasteiger partial charge in [0.15, 0.2) is 9.84 Å². The van der Waals surface area contributed by atoms with E-state index in [1.165, 1.54) is 12.1 Å². The molecule has 2 heterocycles. The van der Waals surface area contributed by atoms with E-state index in [0.29, 0.717) is 23.3 Å². The van der Waals surface area contributed by atoms with Crippen LogP contribution >= 0.6 is 11.6 Å². The van der Waals surface area contributed by atoms with Gasteiger partial charge in [0.05, 0.1) is 33.5 Å². The third kappa shape index (κ3) is 2.44. The second-order valence-corrected chi connectivity index (χ2v) is 8.73. The molecule has 4 nitrogen and oxygen atoms in total. The van der Waals surface area contributed by atoms with Gasteiger partial charge in [-0.1, -0.05) is 0 Å². The molecule has 1 aromatic heterocycles. The van der Waals surface area contributed by atoms with Crippen molar-refractivity contribution in [2.45, 2.75) is 31.2 Å². The highest BCUT2D eigenvalue weighted by atomic mass is 35.5. The number of benzene rings is 1. The molecule has 1 aliphatic rings. The van der Waals surface area contributed by atoms with E-state index in [1.54, 1.807) is 13.0 Å². The number of aromatic nitrogens is 2. The van der Waals surface area contributed by atoms with Crippen LogP contribution in [0.15, 0.2) is 18.2 Å². The minimum atomic E-state index is -3.09. The number of sulfone groups is 1. The van der Waals surface area contributed by atoms with Crippen molar-refractivity contribution in [3.63, 3.8) is 0 Å². The molecule has 0 aliphatic carbocycles. The lowest BCUT2D eigenvalue weighted by atomic mass is 10.0. The molecule has 0 spiro atoms. The molecule has 0 amide bonds. The SMILES string of the molecule is CC(Cl)c1nc2ccc(F)cc2n1C1(C)CCS(=O)(=O)C1. The van der Waals surface area contributed by atoms with Crippen LogP contribution in [-0.2, 0) is 15.4 Å². The maximum absolute atomic E-state index is 13.6. The molecular formula is C14H16ClFN2O2S. The van der Waals surface area contributed by atoms with Gasteiger partial charge in [0.2, 0.25) is 0 Å². The van der Waals surface area contributed by atoms with Crippen molar-refractivity contribution in [2.75, 3.05) is 11.5 Å². The maximum Gasteiger partial charge on any atom is 0.152 e. The second-order valence-electron chi connectivity index (χ2n) is 5.89. The lowest BCUT2D eigenvalue weighted by Crippen LogP contribution is -2.33. The van der Waals surface area contributed by atoms with Crippen LogP contribution in [0.2, 0.25) is 0 Å². The van der Waals surface area contributed by atoms with Crippen LogP contribution in [-0.4, -0.2) is 29.5 Å². The van der Waals surface area contributed by atoms with E-state index in [2.05, 4.69) is 4.98 Å². The van der Waals surface area contributed by atoms with Crippen molar-refractivity contribution >= 4 is 32.5 Å². The average molecular weight is 331 g/mol. The van der Waals surface area contributed by atoms with E-state index in [1.807, 2.05) is 11.5 Å². The number of fused-ring (bicyclic) bond motifs is 1. The molecule has 0 bridgehead atoms. The van der Waals surface area contributed by atoms with Crippen LogP contribution in [0.4, 0.5) is 4.39 Å². The first-order chi connectivity index (χ1) is 9.72. The molecule has 1 saturated heterocycles. The topological polar surface area (TPSA) is 52.0 Å². The summed E-state index contributed by atoms with van der Waals surface area (Å²) in [6, 6.07) is 4.33. The second kappa shape index (κ2) is 4.68. The molecular weight excluding hydrogens is 315 g/mol. The molecule has 2 atom stereocenters. The Morgan fingerprint density at radius 3 is 2.76 bits per heavy atom. The highest BCUT2D eigenvalue weighted by Gasteiger charge is 2.42. The number of hydrogen-bond acceptors (Lipinski definition) is 3. The van der Waals surface area contributed by atoms with Gasteiger partial charge in [-0.05, 0) is 38.5 Å². The third-order valence-corrected chi connectivity index (χ3v) is 6.10. The van der Waals surface area contributed by atoms with Crippen LogP contribution in [0.3, 0.4) is 0 Å². The zero-order chi connectivity index (χ0) is 15.4. The molecule has 7 heteroatoms. The van der Waals surface area contributed by atoms with E-state index in [-0.39, 0.29) is 22.7 Å². The van der Waals surface area contributed by atoms with Crippen molar-refractivity contribution in [2.24, 2.45) is 0 Å². The van der Waals surface area contributed by atoms with Gasteiger partial charge in [0.1, 0.15) is 11.6 Å².